The standard InChI is InChI=1S/C18H18N2/c1-13(19-2)14-5-7-15(8-6-14)17-10-9-16-4-3-11-20-18(16)12-17/h3-13,19H,1-2H3. The monoisotopic (exact) mass is 262 g/mol. The molecule has 0 saturated heterocycles. The Labute approximate surface area is 119 Å². The van der Waals surface area contributed by atoms with E-state index in [0.29, 0.717) is 6.04 Å². The maximum Gasteiger partial charge on any atom is 0.0708 e. The van der Waals surface area contributed by atoms with Gasteiger partial charge >= 0.3 is 0 Å². The molecule has 0 aliphatic heterocycles. The van der Waals surface area contributed by atoms with E-state index >= 15 is 0 Å². The van der Waals surface area contributed by atoms with Crippen LogP contribution in [0.5, 0.6) is 0 Å². The summed E-state index contributed by atoms with van der Waals surface area (Å²) in [5, 5.41) is 4.43. The SMILES string of the molecule is CNC(C)c1ccc(-c2ccc3cccnc3c2)cc1. The lowest BCUT2D eigenvalue weighted by molar-refractivity contribution is 0.652. The zero-order valence-corrected chi connectivity index (χ0v) is 11.8. The van der Waals surface area contributed by atoms with E-state index in [0.717, 1.165) is 5.52 Å². The van der Waals surface area contributed by atoms with Gasteiger partial charge in [-0.25, -0.2) is 0 Å². The van der Waals surface area contributed by atoms with Crippen LogP contribution in [0, 0.1) is 0 Å². The Morgan fingerprint density at radius 3 is 2.45 bits per heavy atom. The largest absolute Gasteiger partial charge is 0.313 e. The molecule has 100 valence electrons. The summed E-state index contributed by atoms with van der Waals surface area (Å²) in [6, 6.07) is 19.6. The molecule has 1 N–H and O–H groups in total. The van der Waals surface area contributed by atoms with Crippen LogP contribution in [0.15, 0.2) is 60.8 Å². The van der Waals surface area contributed by atoms with E-state index in [-0.39, 0.29) is 0 Å². The smallest absolute Gasteiger partial charge is 0.0708 e. The molecule has 0 spiro atoms. The van der Waals surface area contributed by atoms with Gasteiger partial charge in [0, 0.05) is 17.6 Å². The van der Waals surface area contributed by atoms with Gasteiger partial charge in [0.05, 0.1) is 5.52 Å². The summed E-state index contributed by atoms with van der Waals surface area (Å²) >= 11 is 0. The van der Waals surface area contributed by atoms with Crippen molar-refractivity contribution in [2.24, 2.45) is 0 Å². The van der Waals surface area contributed by atoms with E-state index in [1.54, 1.807) is 0 Å². The summed E-state index contributed by atoms with van der Waals surface area (Å²) in [5.41, 5.74) is 4.78. The highest BCUT2D eigenvalue weighted by atomic mass is 14.8. The molecule has 3 rings (SSSR count). The molecule has 1 aromatic heterocycles. The average Bonchev–Trinajstić information content (AvgIpc) is 2.54. The second kappa shape index (κ2) is 5.43. The molecule has 0 aliphatic carbocycles. The molecule has 1 heterocycles. The van der Waals surface area contributed by atoms with Crippen LogP contribution >= 0.6 is 0 Å². The lowest BCUT2D eigenvalue weighted by Crippen LogP contribution is -2.11. The fraction of sp³-hybridized carbons (Fsp3) is 0.167. The molecule has 0 fully saturated rings. The predicted octanol–water partition coefficient (Wildman–Crippen LogP) is 4.18. The molecule has 0 aliphatic rings. The van der Waals surface area contributed by atoms with E-state index in [1.165, 1.54) is 22.1 Å². The Hall–Kier alpha value is -2.19. The first-order chi connectivity index (χ1) is 9.78. The van der Waals surface area contributed by atoms with Crippen LogP contribution in [-0.4, -0.2) is 12.0 Å². The second-order valence-corrected chi connectivity index (χ2v) is 5.04. The number of hydrogen-bond acceptors (Lipinski definition) is 2. The van der Waals surface area contributed by atoms with Gasteiger partial charge in [0.15, 0.2) is 0 Å². The molecule has 0 amide bonds. The average molecular weight is 262 g/mol. The molecule has 20 heavy (non-hydrogen) atoms. The van der Waals surface area contributed by atoms with Gasteiger partial charge < -0.3 is 5.32 Å². The van der Waals surface area contributed by atoms with Crippen LogP contribution in [-0.2, 0) is 0 Å². The number of rotatable bonds is 3. The predicted molar refractivity (Wildman–Crippen MR) is 84.7 cm³/mol. The number of hydrogen-bond donors (Lipinski definition) is 1. The number of fused-ring (bicyclic) bond motifs is 1. The van der Waals surface area contributed by atoms with Crippen LogP contribution in [0.25, 0.3) is 22.0 Å². The maximum atomic E-state index is 4.42. The van der Waals surface area contributed by atoms with Crippen molar-refractivity contribution in [2.75, 3.05) is 7.05 Å². The summed E-state index contributed by atoms with van der Waals surface area (Å²) in [4.78, 5) is 4.42. The Bertz CT molecular complexity index is 717. The van der Waals surface area contributed by atoms with Gasteiger partial charge in [0.2, 0.25) is 0 Å². The molecule has 2 heteroatoms. The normalized spacial score (nSPS) is 12.5. The first-order valence-corrected chi connectivity index (χ1v) is 6.90. The van der Waals surface area contributed by atoms with E-state index in [2.05, 4.69) is 65.8 Å². The molecular formula is C18H18N2. The van der Waals surface area contributed by atoms with Gasteiger partial charge in [0.1, 0.15) is 0 Å². The number of nitrogens with one attached hydrogen (secondary N) is 1. The third-order valence-corrected chi connectivity index (χ3v) is 3.78. The van der Waals surface area contributed by atoms with Crippen LogP contribution in [0.3, 0.4) is 0 Å². The summed E-state index contributed by atoms with van der Waals surface area (Å²) in [7, 11) is 1.98. The van der Waals surface area contributed by atoms with Gasteiger partial charge in [-0.3, -0.25) is 4.98 Å². The quantitative estimate of drug-likeness (QED) is 0.766. The Kier molecular flexibility index (Phi) is 3.48. The van der Waals surface area contributed by atoms with Gasteiger partial charge in [0.25, 0.3) is 0 Å². The van der Waals surface area contributed by atoms with Crippen LogP contribution in [0.1, 0.15) is 18.5 Å². The molecule has 1 atom stereocenters. The van der Waals surface area contributed by atoms with E-state index in [9.17, 15) is 0 Å². The van der Waals surface area contributed by atoms with E-state index < -0.39 is 0 Å². The van der Waals surface area contributed by atoms with E-state index in [4.69, 9.17) is 0 Å². The topological polar surface area (TPSA) is 24.9 Å². The zero-order chi connectivity index (χ0) is 13.9. The van der Waals surface area contributed by atoms with Gasteiger partial charge in [-0.2, -0.15) is 0 Å². The highest BCUT2D eigenvalue weighted by Crippen LogP contribution is 2.24. The molecule has 0 radical (unpaired) electrons. The minimum atomic E-state index is 0.377. The fourth-order valence-corrected chi connectivity index (χ4v) is 2.38. The zero-order valence-electron chi connectivity index (χ0n) is 11.8. The van der Waals surface area contributed by atoms with Crippen LogP contribution < -0.4 is 5.32 Å². The third kappa shape index (κ3) is 2.43. The fourth-order valence-electron chi connectivity index (χ4n) is 2.38. The van der Waals surface area contributed by atoms with Crippen molar-refractivity contribution in [1.29, 1.82) is 0 Å². The van der Waals surface area contributed by atoms with Crippen molar-refractivity contribution in [1.82, 2.24) is 10.3 Å². The summed E-state index contributed by atoms with van der Waals surface area (Å²) < 4.78 is 0. The molecule has 0 saturated carbocycles. The van der Waals surface area contributed by atoms with E-state index in [1.807, 2.05) is 19.3 Å². The van der Waals surface area contributed by atoms with Gasteiger partial charge in [-0.05, 0) is 42.8 Å². The number of nitrogens with zero attached hydrogens (tertiary/aromatic N) is 1. The van der Waals surface area contributed by atoms with Gasteiger partial charge in [-0.1, -0.05) is 42.5 Å². The van der Waals surface area contributed by atoms with Crippen molar-refractivity contribution in [3.63, 3.8) is 0 Å². The van der Waals surface area contributed by atoms with Crippen molar-refractivity contribution < 1.29 is 0 Å². The number of benzene rings is 2. The van der Waals surface area contributed by atoms with Crippen molar-refractivity contribution >= 4 is 10.9 Å². The van der Waals surface area contributed by atoms with Crippen LogP contribution in [0.4, 0.5) is 0 Å². The molecule has 0 bridgehead atoms. The summed E-state index contributed by atoms with van der Waals surface area (Å²) in [6.45, 7) is 2.16. The minimum absolute atomic E-state index is 0.377. The molecule has 2 aromatic carbocycles. The first kappa shape index (κ1) is 12.8. The van der Waals surface area contributed by atoms with Crippen molar-refractivity contribution in [2.45, 2.75) is 13.0 Å². The number of aromatic nitrogens is 1. The highest BCUT2D eigenvalue weighted by Gasteiger charge is 2.04. The molecule has 1 unspecified atom stereocenters. The Morgan fingerprint density at radius 1 is 0.950 bits per heavy atom. The number of pyridine rings is 1. The van der Waals surface area contributed by atoms with Crippen LogP contribution in [0.2, 0.25) is 0 Å². The molecular weight excluding hydrogens is 244 g/mol. The summed E-state index contributed by atoms with van der Waals surface area (Å²) in [6.07, 6.45) is 1.84. The lowest BCUT2D eigenvalue weighted by atomic mass is 10.0. The lowest BCUT2D eigenvalue weighted by Gasteiger charge is -2.11. The Balaban J connectivity index is 1.98. The second-order valence-electron chi connectivity index (χ2n) is 5.04. The minimum Gasteiger partial charge on any atom is -0.313 e. The molecule has 3 aromatic rings. The third-order valence-electron chi connectivity index (χ3n) is 3.78. The van der Waals surface area contributed by atoms with Crippen molar-refractivity contribution in [3.8, 4) is 11.1 Å². The molecule has 2 nitrogen and oxygen atoms in total. The Morgan fingerprint density at radius 2 is 1.70 bits per heavy atom. The first-order valence-electron chi connectivity index (χ1n) is 6.90. The van der Waals surface area contributed by atoms with Crippen molar-refractivity contribution in [3.05, 3.63) is 66.4 Å². The summed E-state index contributed by atoms with van der Waals surface area (Å²) in [5.74, 6) is 0. The van der Waals surface area contributed by atoms with Gasteiger partial charge in [-0.15, -0.1) is 0 Å². The highest BCUT2D eigenvalue weighted by molar-refractivity contribution is 5.84. The maximum absolute atomic E-state index is 4.42.